The van der Waals surface area contributed by atoms with Crippen molar-refractivity contribution in [3.63, 3.8) is 0 Å². The van der Waals surface area contributed by atoms with Crippen molar-refractivity contribution in [2.75, 3.05) is 13.1 Å². The summed E-state index contributed by atoms with van der Waals surface area (Å²) < 4.78 is 0.687. The van der Waals surface area contributed by atoms with Crippen molar-refractivity contribution in [2.24, 2.45) is 5.92 Å². The Morgan fingerprint density at radius 1 is 1.28 bits per heavy atom. The van der Waals surface area contributed by atoms with Crippen molar-refractivity contribution in [1.82, 2.24) is 15.2 Å². The van der Waals surface area contributed by atoms with Gasteiger partial charge in [0.2, 0.25) is 5.91 Å². The zero-order chi connectivity index (χ0) is 18.0. The van der Waals surface area contributed by atoms with Gasteiger partial charge in [-0.25, -0.2) is 4.98 Å². The standard InChI is InChI=1S/C17H20ClN3O2S2/c1-10(2)14(17(23)21-7-3-4-8-21)20-15(22)11-9-24-16(19-11)12-5-6-13(18)25-12/h5-6,9-10,14H,3-4,7-8H2,1-2H3,(H,20,22)/t14-/m0/s1. The van der Waals surface area contributed by atoms with Gasteiger partial charge in [0.15, 0.2) is 0 Å². The lowest BCUT2D eigenvalue weighted by Crippen LogP contribution is -2.50. The molecule has 0 spiro atoms. The smallest absolute Gasteiger partial charge is 0.271 e. The first kappa shape index (κ1) is 18.4. The number of hydrogen-bond acceptors (Lipinski definition) is 5. The van der Waals surface area contributed by atoms with E-state index in [2.05, 4.69) is 10.3 Å². The molecule has 0 unspecified atom stereocenters. The predicted octanol–water partition coefficient (Wildman–Crippen LogP) is 3.90. The molecule has 2 aromatic rings. The third-order valence-corrected chi connectivity index (χ3v) is 6.40. The lowest BCUT2D eigenvalue weighted by Gasteiger charge is -2.26. The van der Waals surface area contributed by atoms with Gasteiger partial charge in [-0.2, -0.15) is 0 Å². The third kappa shape index (κ3) is 4.22. The maximum atomic E-state index is 12.7. The summed E-state index contributed by atoms with van der Waals surface area (Å²) in [4.78, 5) is 32.4. The largest absolute Gasteiger partial charge is 0.341 e. The van der Waals surface area contributed by atoms with Crippen molar-refractivity contribution in [3.05, 3.63) is 27.5 Å². The highest BCUT2D eigenvalue weighted by atomic mass is 35.5. The molecule has 1 aliphatic heterocycles. The molecule has 2 amide bonds. The van der Waals surface area contributed by atoms with Gasteiger partial charge in [-0.1, -0.05) is 25.4 Å². The number of amides is 2. The predicted molar refractivity (Wildman–Crippen MR) is 102 cm³/mol. The molecule has 5 nitrogen and oxygen atoms in total. The van der Waals surface area contributed by atoms with Gasteiger partial charge in [0.1, 0.15) is 16.7 Å². The number of carbonyl (C=O) groups excluding carboxylic acids is 2. The van der Waals surface area contributed by atoms with Gasteiger partial charge >= 0.3 is 0 Å². The molecule has 0 aliphatic carbocycles. The van der Waals surface area contributed by atoms with E-state index in [1.54, 1.807) is 5.38 Å². The van der Waals surface area contributed by atoms with E-state index in [0.29, 0.717) is 10.0 Å². The second kappa shape index (κ2) is 7.85. The van der Waals surface area contributed by atoms with Crippen LogP contribution in [-0.4, -0.2) is 40.8 Å². The average Bonchev–Trinajstić information content (AvgIpc) is 3.31. The van der Waals surface area contributed by atoms with Crippen molar-refractivity contribution >= 4 is 46.1 Å². The van der Waals surface area contributed by atoms with Crippen LogP contribution in [-0.2, 0) is 4.79 Å². The fraction of sp³-hybridized carbons (Fsp3) is 0.471. The van der Waals surface area contributed by atoms with E-state index in [1.807, 2.05) is 30.9 Å². The summed E-state index contributed by atoms with van der Waals surface area (Å²) >= 11 is 8.78. The summed E-state index contributed by atoms with van der Waals surface area (Å²) in [5, 5.41) is 5.35. The summed E-state index contributed by atoms with van der Waals surface area (Å²) in [6.07, 6.45) is 2.06. The number of thiazole rings is 1. The minimum Gasteiger partial charge on any atom is -0.341 e. The van der Waals surface area contributed by atoms with Gasteiger partial charge in [-0.05, 0) is 30.9 Å². The van der Waals surface area contributed by atoms with Crippen LogP contribution in [0.4, 0.5) is 0 Å². The number of hydrogen-bond donors (Lipinski definition) is 1. The van der Waals surface area contributed by atoms with Crippen LogP contribution in [0.25, 0.3) is 9.88 Å². The number of rotatable bonds is 5. The van der Waals surface area contributed by atoms with Gasteiger partial charge in [0, 0.05) is 18.5 Å². The van der Waals surface area contributed by atoms with Crippen LogP contribution >= 0.6 is 34.3 Å². The Balaban J connectivity index is 1.71. The molecule has 1 atom stereocenters. The summed E-state index contributed by atoms with van der Waals surface area (Å²) in [5.41, 5.74) is 0.337. The molecule has 1 N–H and O–H groups in total. The minimum atomic E-state index is -0.521. The average molecular weight is 398 g/mol. The monoisotopic (exact) mass is 397 g/mol. The maximum Gasteiger partial charge on any atom is 0.271 e. The number of carbonyl (C=O) groups is 2. The molecule has 8 heteroatoms. The van der Waals surface area contributed by atoms with Gasteiger partial charge < -0.3 is 10.2 Å². The normalized spacial score (nSPS) is 15.6. The Morgan fingerprint density at radius 3 is 2.60 bits per heavy atom. The first-order valence-corrected chi connectivity index (χ1v) is 10.3. The fourth-order valence-electron chi connectivity index (χ4n) is 2.78. The van der Waals surface area contributed by atoms with E-state index in [9.17, 15) is 9.59 Å². The van der Waals surface area contributed by atoms with E-state index in [1.165, 1.54) is 22.7 Å². The first-order valence-electron chi connectivity index (χ1n) is 8.26. The van der Waals surface area contributed by atoms with Crippen LogP contribution < -0.4 is 5.32 Å². The Bertz CT molecular complexity index is 766. The zero-order valence-corrected chi connectivity index (χ0v) is 16.5. The maximum absolute atomic E-state index is 12.7. The van der Waals surface area contributed by atoms with Gasteiger partial charge in [-0.15, -0.1) is 22.7 Å². The van der Waals surface area contributed by atoms with Crippen LogP contribution in [0.2, 0.25) is 4.34 Å². The molecule has 3 heterocycles. The number of likely N-dealkylation sites (tertiary alicyclic amines) is 1. The molecule has 0 bridgehead atoms. The zero-order valence-electron chi connectivity index (χ0n) is 14.1. The van der Waals surface area contributed by atoms with Crippen molar-refractivity contribution in [2.45, 2.75) is 32.7 Å². The fourth-order valence-corrected chi connectivity index (χ4v) is 4.70. The van der Waals surface area contributed by atoms with Gasteiger partial charge in [0.25, 0.3) is 5.91 Å². The molecular formula is C17H20ClN3O2S2. The Kier molecular flexibility index (Phi) is 5.76. The molecule has 1 aliphatic rings. The summed E-state index contributed by atoms with van der Waals surface area (Å²) in [6.45, 7) is 5.44. The number of thiophene rings is 1. The topological polar surface area (TPSA) is 62.3 Å². The van der Waals surface area contributed by atoms with Crippen LogP contribution in [0, 0.1) is 5.92 Å². The molecule has 1 saturated heterocycles. The van der Waals surface area contributed by atoms with E-state index in [0.717, 1.165) is 35.8 Å². The highest BCUT2D eigenvalue weighted by Crippen LogP contribution is 2.32. The van der Waals surface area contributed by atoms with E-state index >= 15 is 0 Å². The van der Waals surface area contributed by atoms with Crippen LogP contribution in [0.15, 0.2) is 17.5 Å². The van der Waals surface area contributed by atoms with Crippen molar-refractivity contribution in [1.29, 1.82) is 0 Å². The SMILES string of the molecule is CC(C)[C@H](NC(=O)c1csc(-c2ccc(Cl)s2)n1)C(=O)N1CCCC1. The van der Waals surface area contributed by atoms with Crippen LogP contribution in [0.1, 0.15) is 37.2 Å². The summed E-state index contributed by atoms with van der Waals surface area (Å²) in [6, 6.07) is 3.18. The Labute approximate surface area is 160 Å². The van der Waals surface area contributed by atoms with Gasteiger partial charge in [0.05, 0.1) is 9.21 Å². The quantitative estimate of drug-likeness (QED) is 0.832. The molecule has 3 rings (SSSR count). The molecule has 134 valence electrons. The van der Waals surface area contributed by atoms with E-state index < -0.39 is 6.04 Å². The third-order valence-electron chi connectivity index (χ3n) is 4.16. The first-order chi connectivity index (χ1) is 12.0. The number of halogens is 1. The number of nitrogens with one attached hydrogen (secondary N) is 1. The van der Waals surface area contributed by atoms with Crippen molar-refractivity contribution in [3.8, 4) is 9.88 Å². The molecule has 1 fully saturated rings. The van der Waals surface area contributed by atoms with Crippen LogP contribution in [0.3, 0.4) is 0 Å². The molecule has 25 heavy (non-hydrogen) atoms. The van der Waals surface area contributed by atoms with Crippen molar-refractivity contribution < 1.29 is 9.59 Å². The second-order valence-corrected chi connectivity index (χ2v) is 8.94. The van der Waals surface area contributed by atoms with Gasteiger partial charge in [-0.3, -0.25) is 9.59 Å². The molecular weight excluding hydrogens is 378 g/mol. The Morgan fingerprint density at radius 2 is 2.00 bits per heavy atom. The summed E-state index contributed by atoms with van der Waals surface area (Å²) in [7, 11) is 0. The minimum absolute atomic E-state index is 0.00124. The number of nitrogens with zero attached hydrogens (tertiary/aromatic N) is 2. The Hall–Kier alpha value is -1.44. The van der Waals surface area contributed by atoms with E-state index in [4.69, 9.17) is 11.6 Å². The van der Waals surface area contributed by atoms with Crippen LogP contribution in [0.5, 0.6) is 0 Å². The second-order valence-electron chi connectivity index (χ2n) is 6.37. The highest BCUT2D eigenvalue weighted by molar-refractivity contribution is 7.23. The number of aromatic nitrogens is 1. The molecule has 0 radical (unpaired) electrons. The molecule has 0 saturated carbocycles. The lowest BCUT2D eigenvalue weighted by molar-refractivity contribution is -0.133. The lowest BCUT2D eigenvalue weighted by atomic mass is 10.0. The summed E-state index contributed by atoms with van der Waals surface area (Å²) in [5.74, 6) is -0.288. The highest BCUT2D eigenvalue weighted by Gasteiger charge is 2.30. The molecule has 2 aromatic heterocycles. The molecule has 0 aromatic carbocycles. The van der Waals surface area contributed by atoms with E-state index in [-0.39, 0.29) is 17.7 Å².